The van der Waals surface area contributed by atoms with E-state index in [1.807, 2.05) is 24.3 Å². The van der Waals surface area contributed by atoms with Crippen LogP contribution in [-0.2, 0) is 23.3 Å². The molecular weight excluding hydrogens is 358 g/mol. The predicted molar refractivity (Wildman–Crippen MR) is 61.0 cm³/mol. The summed E-state index contributed by atoms with van der Waals surface area (Å²) in [6.45, 7) is 0. The first-order chi connectivity index (χ1) is 6.91. The second-order valence-electron chi connectivity index (χ2n) is 2.36. The molecule has 0 spiro atoms. The normalized spacial score (nSPS) is 12.7. The second-order valence-corrected chi connectivity index (χ2v) is 7.02. The quantitative estimate of drug-likeness (QED) is 0.258. The molecule has 0 aromatic heterocycles. The van der Waals surface area contributed by atoms with Crippen LogP contribution in [0, 0.1) is 12.2 Å². The first kappa shape index (κ1) is 22.1. The maximum atomic E-state index is 5.25. The molecule has 0 aromatic carbocycles. The van der Waals surface area contributed by atoms with Crippen molar-refractivity contribution in [3.8, 4) is 0 Å². The zero-order chi connectivity index (χ0) is 10.5. The summed E-state index contributed by atoms with van der Waals surface area (Å²) in [6, 6.07) is 0. The Bertz CT molecular complexity index is 206. The smallest absolute Gasteiger partial charge is 0.109 e. The molecule has 2 rings (SSSR count). The van der Waals surface area contributed by atoms with Crippen molar-refractivity contribution in [2.75, 3.05) is 5.50 Å². The van der Waals surface area contributed by atoms with Crippen molar-refractivity contribution in [3.63, 3.8) is 0 Å². The third kappa shape index (κ3) is 20.4. The van der Waals surface area contributed by atoms with Gasteiger partial charge in [0.05, 0.1) is 0 Å². The fourth-order valence-corrected chi connectivity index (χ4v) is 0.680. The number of rotatable bonds is 1. The Balaban J connectivity index is -0.000000151. The van der Waals surface area contributed by atoms with Gasteiger partial charge >= 0.3 is 46.6 Å². The molecule has 2 aliphatic carbocycles. The van der Waals surface area contributed by atoms with E-state index in [1.54, 1.807) is 23.3 Å². The van der Waals surface area contributed by atoms with Gasteiger partial charge in [-0.2, -0.15) is 12.2 Å². The van der Waals surface area contributed by atoms with Gasteiger partial charge in [-0.1, -0.05) is 0 Å². The minimum absolute atomic E-state index is 0. The SMILES string of the molecule is ClC[SiH]=[Zr+2].[C-]1=CC=CC1.[C-]1=CC=CC1.[Cl-].[Cl-]. The van der Waals surface area contributed by atoms with Gasteiger partial charge in [-0.05, 0) is 0 Å². The maximum absolute atomic E-state index is 5.25. The van der Waals surface area contributed by atoms with Crippen LogP contribution >= 0.6 is 11.6 Å². The number of hydrogen-bond donors (Lipinski definition) is 0. The number of hydrogen-bond acceptors (Lipinski definition) is 0. The monoisotopic (exact) mass is 368 g/mol. The minimum atomic E-state index is 0. The molecule has 0 heterocycles. The summed E-state index contributed by atoms with van der Waals surface area (Å²) in [5, 5.41) is 0. The van der Waals surface area contributed by atoms with Crippen molar-refractivity contribution < 1.29 is 48.1 Å². The molecule has 16 heavy (non-hydrogen) atoms. The van der Waals surface area contributed by atoms with E-state index in [9.17, 15) is 0 Å². The third-order valence-corrected chi connectivity index (χ3v) is 5.28. The minimum Gasteiger partial charge on any atom is -1.00 e. The van der Waals surface area contributed by atoms with Gasteiger partial charge in [-0.3, -0.25) is 12.2 Å². The van der Waals surface area contributed by atoms with Crippen molar-refractivity contribution in [2.45, 2.75) is 12.8 Å². The molecule has 0 atom stereocenters. The molecule has 0 nitrogen and oxygen atoms in total. The van der Waals surface area contributed by atoms with Gasteiger partial charge in [0.15, 0.2) is 0 Å². The van der Waals surface area contributed by atoms with E-state index >= 15 is 0 Å². The Hall–Kier alpha value is 0.930. The fourth-order valence-electron chi connectivity index (χ4n) is 0.680. The van der Waals surface area contributed by atoms with Crippen molar-refractivity contribution in [1.29, 1.82) is 0 Å². The molecule has 0 aliphatic heterocycles. The summed E-state index contributed by atoms with van der Waals surface area (Å²) < 4.78 is 0. The van der Waals surface area contributed by atoms with Gasteiger partial charge in [-0.15, -0.1) is 12.8 Å². The van der Waals surface area contributed by atoms with Crippen LogP contribution in [0.25, 0.3) is 0 Å². The predicted octanol–water partition coefficient (Wildman–Crippen LogP) is -3.30. The Morgan fingerprint density at radius 3 is 1.50 bits per heavy atom. The number of allylic oxidation sites excluding steroid dienone is 8. The molecule has 2 aliphatic rings. The molecule has 0 radical (unpaired) electrons. The Morgan fingerprint density at radius 1 is 1.06 bits per heavy atom. The van der Waals surface area contributed by atoms with E-state index in [1.165, 1.54) is 0 Å². The van der Waals surface area contributed by atoms with Crippen molar-refractivity contribution >= 4 is 17.8 Å². The Morgan fingerprint density at radius 2 is 1.44 bits per heavy atom. The first-order valence-corrected chi connectivity index (χ1v) is 10.6. The molecule has 0 bridgehead atoms. The van der Waals surface area contributed by atoms with Crippen LogP contribution in [0.4, 0.5) is 0 Å². The Labute approximate surface area is 132 Å². The van der Waals surface area contributed by atoms with Gasteiger partial charge in [0.25, 0.3) is 0 Å². The van der Waals surface area contributed by atoms with Crippen LogP contribution in [-0.4, -0.2) is 11.7 Å². The second kappa shape index (κ2) is 21.2. The molecule has 88 valence electrons. The van der Waals surface area contributed by atoms with Gasteiger partial charge in [-0.25, -0.2) is 24.3 Å². The summed E-state index contributed by atoms with van der Waals surface area (Å²) in [7, 11) is 0. The standard InChI is InChI=1S/2C5H5.CH3ClSi.2ClH.Zr/c2*1-2-4-5-3-1;2-1-3;;;/h2*1-3H,4H2;3H,1H2;2*1H;/q2*-1;;;;+2/p-2. The van der Waals surface area contributed by atoms with Crippen LogP contribution in [0.3, 0.4) is 0 Å². The van der Waals surface area contributed by atoms with Gasteiger partial charge in [0.1, 0.15) is 0 Å². The van der Waals surface area contributed by atoms with E-state index in [0.717, 1.165) is 18.3 Å². The summed E-state index contributed by atoms with van der Waals surface area (Å²) in [4.78, 5) is 0. The average Bonchev–Trinajstić information content (AvgIpc) is 2.94. The van der Waals surface area contributed by atoms with E-state index in [4.69, 9.17) is 11.6 Å². The molecule has 0 N–H and O–H groups in total. The summed E-state index contributed by atoms with van der Waals surface area (Å²) >= 11 is 6.86. The van der Waals surface area contributed by atoms with E-state index < -0.39 is 0 Å². The van der Waals surface area contributed by atoms with Crippen LogP contribution in [0.2, 0.25) is 0 Å². The van der Waals surface area contributed by atoms with Crippen LogP contribution in [0.1, 0.15) is 12.8 Å². The van der Waals surface area contributed by atoms with Gasteiger partial charge in [0.2, 0.25) is 0 Å². The van der Waals surface area contributed by atoms with E-state index in [0.29, 0.717) is 6.16 Å². The van der Waals surface area contributed by atoms with Crippen molar-refractivity contribution in [1.82, 2.24) is 0 Å². The number of halogens is 3. The summed E-state index contributed by atoms with van der Waals surface area (Å²) in [5.41, 5.74) is 0.915. The molecule has 0 amide bonds. The van der Waals surface area contributed by atoms with Crippen molar-refractivity contribution in [2.24, 2.45) is 0 Å². The van der Waals surface area contributed by atoms with E-state index in [-0.39, 0.29) is 24.8 Å². The van der Waals surface area contributed by atoms with Crippen LogP contribution in [0.15, 0.2) is 36.5 Å². The van der Waals surface area contributed by atoms with E-state index in [2.05, 4.69) is 24.3 Å². The van der Waals surface area contributed by atoms with Crippen LogP contribution < -0.4 is 24.8 Å². The molecule has 0 aromatic rings. The topological polar surface area (TPSA) is 0 Å². The van der Waals surface area contributed by atoms with Gasteiger partial charge < -0.3 is 24.8 Å². The maximum Gasteiger partial charge on any atom is -0.109 e. The number of alkyl halides is 1. The first-order valence-electron chi connectivity index (χ1n) is 4.40. The largest absolute Gasteiger partial charge is 1.00 e. The molecule has 5 heteroatoms. The molecule has 0 fully saturated rings. The average molecular weight is 371 g/mol. The summed E-state index contributed by atoms with van der Waals surface area (Å²) in [6.07, 6.45) is 20.6. The fraction of sp³-hybridized carbons (Fsp3) is 0.273. The summed E-state index contributed by atoms with van der Waals surface area (Å²) in [5.74, 6) is 0. The van der Waals surface area contributed by atoms with Crippen LogP contribution in [0.5, 0.6) is 0 Å². The molecule has 0 saturated heterocycles. The third-order valence-electron chi connectivity index (χ3n) is 1.25. The van der Waals surface area contributed by atoms with Gasteiger partial charge in [0, 0.05) is 0 Å². The molecule has 0 unspecified atom stereocenters. The zero-order valence-corrected chi connectivity index (χ0v) is 14.7. The zero-order valence-electron chi connectivity index (χ0n) is 8.80. The van der Waals surface area contributed by atoms with Crippen molar-refractivity contribution in [3.05, 3.63) is 48.6 Å². The Kier molecular flexibility index (Phi) is 29.4. The molecular formula is C11H13Cl3SiZr-2. The molecule has 0 saturated carbocycles.